The van der Waals surface area contributed by atoms with Gasteiger partial charge in [-0.15, -0.1) is 11.3 Å². The summed E-state index contributed by atoms with van der Waals surface area (Å²) in [5, 5.41) is 0. The van der Waals surface area contributed by atoms with Crippen LogP contribution in [0.1, 0.15) is 37.0 Å². The molecule has 7 nitrogen and oxygen atoms in total. The molecule has 1 amide bonds. The van der Waals surface area contributed by atoms with E-state index in [2.05, 4.69) is 4.90 Å². The Morgan fingerprint density at radius 1 is 1.10 bits per heavy atom. The monoisotopic (exact) mass is 469 g/mol. The molecule has 1 aromatic rings. The highest BCUT2D eigenvalue weighted by molar-refractivity contribution is 7.91. The van der Waals surface area contributed by atoms with Crippen molar-refractivity contribution >= 4 is 27.3 Å². The number of nitrogens with zero attached hydrogens (tertiary/aromatic N) is 3. The Morgan fingerprint density at radius 3 is 2.52 bits per heavy atom. The van der Waals surface area contributed by atoms with Crippen LogP contribution in [0.25, 0.3) is 0 Å². The number of rotatable bonds is 6. The summed E-state index contributed by atoms with van der Waals surface area (Å²) in [5.74, 6) is 0.612. The first kappa shape index (κ1) is 23.2. The third kappa shape index (κ3) is 5.68. The van der Waals surface area contributed by atoms with Crippen molar-refractivity contribution in [1.29, 1.82) is 0 Å². The molecule has 0 N–H and O–H groups in total. The van der Waals surface area contributed by atoms with E-state index < -0.39 is 10.0 Å². The van der Waals surface area contributed by atoms with Crippen molar-refractivity contribution in [3.63, 3.8) is 0 Å². The summed E-state index contributed by atoms with van der Waals surface area (Å²) < 4.78 is 33.3. The van der Waals surface area contributed by atoms with Crippen LogP contribution in [0.2, 0.25) is 0 Å². The maximum atomic E-state index is 13.2. The topological polar surface area (TPSA) is 70.2 Å². The predicted octanol–water partition coefficient (Wildman–Crippen LogP) is 2.42. The van der Waals surface area contributed by atoms with Crippen LogP contribution in [-0.4, -0.2) is 87.5 Å². The van der Waals surface area contributed by atoms with Crippen LogP contribution < -0.4 is 0 Å². The number of sulfonamides is 1. The van der Waals surface area contributed by atoms with Gasteiger partial charge in [0.05, 0.1) is 19.1 Å². The quantitative estimate of drug-likeness (QED) is 0.640. The molecule has 4 heterocycles. The van der Waals surface area contributed by atoms with Crippen molar-refractivity contribution in [2.45, 2.75) is 43.2 Å². The lowest BCUT2D eigenvalue weighted by Gasteiger charge is -2.38. The molecule has 0 saturated carbocycles. The minimum atomic E-state index is -3.50. The average Bonchev–Trinajstić information content (AvgIpc) is 3.25. The van der Waals surface area contributed by atoms with Crippen LogP contribution >= 0.6 is 11.3 Å². The fourth-order valence-electron chi connectivity index (χ4n) is 4.93. The van der Waals surface area contributed by atoms with Gasteiger partial charge in [-0.05, 0) is 63.6 Å². The molecule has 4 rings (SSSR count). The number of thiophene rings is 1. The molecule has 3 aliphatic heterocycles. The summed E-state index contributed by atoms with van der Waals surface area (Å²) in [5.41, 5.74) is 0. The third-order valence-electron chi connectivity index (χ3n) is 6.93. The molecule has 174 valence electrons. The Morgan fingerprint density at radius 2 is 1.84 bits per heavy atom. The van der Waals surface area contributed by atoms with Gasteiger partial charge in [0.2, 0.25) is 5.91 Å². The maximum Gasteiger partial charge on any atom is 0.252 e. The van der Waals surface area contributed by atoms with E-state index in [4.69, 9.17) is 4.74 Å². The standard InChI is InChI=1S/C22H35N3O4S2/c1-18-4-5-21(30-18)31(27,28)25-9-2-3-20(17-25)22(26)24-11-7-19(8-12-24)6-10-23-13-15-29-16-14-23/h4-5,19-20H,2-3,6-17H2,1H3. The van der Waals surface area contributed by atoms with E-state index in [1.165, 1.54) is 22.1 Å². The summed E-state index contributed by atoms with van der Waals surface area (Å²) in [6, 6.07) is 3.52. The molecule has 3 fully saturated rings. The van der Waals surface area contributed by atoms with Crippen LogP contribution in [0.5, 0.6) is 0 Å². The molecule has 9 heteroatoms. The van der Waals surface area contributed by atoms with Crippen molar-refractivity contribution in [1.82, 2.24) is 14.1 Å². The zero-order valence-electron chi connectivity index (χ0n) is 18.5. The van der Waals surface area contributed by atoms with Gasteiger partial charge in [0.25, 0.3) is 10.0 Å². The smallest absolute Gasteiger partial charge is 0.252 e. The van der Waals surface area contributed by atoms with Crippen LogP contribution in [0.4, 0.5) is 0 Å². The largest absolute Gasteiger partial charge is 0.379 e. The number of morpholine rings is 1. The molecule has 1 aromatic heterocycles. The van der Waals surface area contributed by atoms with E-state index in [9.17, 15) is 13.2 Å². The van der Waals surface area contributed by atoms with Gasteiger partial charge >= 0.3 is 0 Å². The molecule has 0 aliphatic carbocycles. The highest BCUT2D eigenvalue weighted by Crippen LogP contribution is 2.30. The number of hydrogen-bond acceptors (Lipinski definition) is 6. The van der Waals surface area contributed by atoms with Gasteiger partial charge in [0, 0.05) is 44.1 Å². The van der Waals surface area contributed by atoms with Gasteiger partial charge in [-0.3, -0.25) is 9.69 Å². The fraction of sp³-hybridized carbons (Fsp3) is 0.773. The molecule has 1 atom stereocenters. The number of hydrogen-bond donors (Lipinski definition) is 0. The lowest BCUT2D eigenvalue weighted by Crippen LogP contribution is -2.48. The summed E-state index contributed by atoms with van der Waals surface area (Å²) in [7, 11) is -3.50. The number of likely N-dealkylation sites (tertiary alicyclic amines) is 1. The van der Waals surface area contributed by atoms with Gasteiger partial charge in [0.1, 0.15) is 4.21 Å². The van der Waals surface area contributed by atoms with Gasteiger partial charge in [-0.1, -0.05) is 0 Å². The number of aryl methyl sites for hydroxylation is 1. The first-order valence-electron chi connectivity index (χ1n) is 11.6. The Labute approximate surface area is 190 Å². The van der Waals surface area contributed by atoms with Gasteiger partial charge in [0.15, 0.2) is 0 Å². The molecule has 3 saturated heterocycles. The minimum absolute atomic E-state index is 0.147. The summed E-state index contributed by atoms with van der Waals surface area (Å²) in [6.07, 6.45) is 4.83. The molecule has 0 aromatic carbocycles. The zero-order valence-corrected chi connectivity index (χ0v) is 20.1. The Balaban J connectivity index is 1.26. The van der Waals surface area contributed by atoms with Crippen LogP contribution in [-0.2, 0) is 19.6 Å². The lowest BCUT2D eigenvalue weighted by molar-refractivity contribution is -0.138. The number of amides is 1. The first-order chi connectivity index (χ1) is 14.9. The number of carbonyl (C=O) groups is 1. The third-order valence-corrected chi connectivity index (χ3v) is 10.3. The summed E-state index contributed by atoms with van der Waals surface area (Å²) in [6.45, 7) is 9.21. The Bertz CT molecular complexity index is 843. The average molecular weight is 470 g/mol. The minimum Gasteiger partial charge on any atom is -0.379 e. The maximum absolute atomic E-state index is 13.2. The second-order valence-corrected chi connectivity index (χ2v) is 12.5. The SMILES string of the molecule is Cc1ccc(S(=O)(=O)N2CCCC(C(=O)N3CCC(CCN4CCOCC4)CC3)C2)s1. The molecule has 1 unspecified atom stereocenters. The zero-order chi connectivity index (χ0) is 21.8. The lowest BCUT2D eigenvalue weighted by atomic mass is 9.91. The van der Waals surface area contributed by atoms with E-state index in [1.807, 2.05) is 17.9 Å². The van der Waals surface area contributed by atoms with Crippen LogP contribution in [0.15, 0.2) is 16.3 Å². The Hall–Kier alpha value is -1.00. The van der Waals surface area contributed by atoms with E-state index in [-0.39, 0.29) is 11.8 Å². The normalized spacial score (nSPS) is 25.1. The van der Waals surface area contributed by atoms with Gasteiger partial charge in [-0.25, -0.2) is 8.42 Å². The molecular formula is C22H35N3O4S2. The summed E-state index contributed by atoms with van der Waals surface area (Å²) >= 11 is 1.31. The van der Waals surface area contributed by atoms with Crippen molar-refractivity contribution in [3.8, 4) is 0 Å². The Kier molecular flexibility index (Phi) is 7.69. The van der Waals surface area contributed by atoms with E-state index in [1.54, 1.807) is 6.07 Å². The van der Waals surface area contributed by atoms with Crippen molar-refractivity contribution in [2.24, 2.45) is 11.8 Å². The van der Waals surface area contributed by atoms with E-state index in [0.717, 1.165) is 76.5 Å². The first-order valence-corrected chi connectivity index (χ1v) is 13.8. The summed E-state index contributed by atoms with van der Waals surface area (Å²) in [4.78, 5) is 18.6. The van der Waals surface area contributed by atoms with Gasteiger partial charge < -0.3 is 9.64 Å². The predicted molar refractivity (Wildman–Crippen MR) is 122 cm³/mol. The van der Waals surface area contributed by atoms with E-state index in [0.29, 0.717) is 23.2 Å². The van der Waals surface area contributed by atoms with Crippen molar-refractivity contribution in [2.75, 3.05) is 59.0 Å². The molecular weight excluding hydrogens is 434 g/mol. The fourth-order valence-corrected chi connectivity index (χ4v) is 7.89. The van der Waals surface area contributed by atoms with Crippen LogP contribution in [0.3, 0.4) is 0 Å². The van der Waals surface area contributed by atoms with Gasteiger partial charge in [-0.2, -0.15) is 4.31 Å². The second-order valence-electron chi connectivity index (χ2n) is 9.08. The molecule has 0 spiro atoms. The highest BCUT2D eigenvalue weighted by atomic mass is 32.2. The molecule has 0 radical (unpaired) electrons. The van der Waals surface area contributed by atoms with Crippen molar-refractivity contribution in [3.05, 3.63) is 17.0 Å². The van der Waals surface area contributed by atoms with E-state index >= 15 is 0 Å². The molecule has 0 bridgehead atoms. The molecule has 3 aliphatic rings. The van der Waals surface area contributed by atoms with Crippen LogP contribution in [0, 0.1) is 18.8 Å². The van der Waals surface area contributed by atoms with Crippen molar-refractivity contribution < 1.29 is 17.9 Å². The molecule has 31 heavy (non-hydrogen) atoms. The number of carbonyl (C=O) groups excluding carboxylic acids is 1. The second kappa shape index (κ2) is 10.3. The highest BCUT2D eigenvalue weighted by Gasteiger charge is 2.36. The number of ether oxygens (including phenoxy) is 1. The number of piperidine rings is 2.